The molecule has 2 aliphatic heterocycles. The van der Waals surface area contributed by atoms with E-state index in [4.69, 9.17) is 4.74 Å². The van der Waals surface area contributed by atoms with Crippen molar-refractivity contribution in [3.8, 4) is 0 Å². The van der Waals surface area contributed by atoms with Crippen LogP contribution in [0.1, 0.15) is 31.7 Å². The van der Waals surface area contributed by atoms with E-state index >= 15 is 0 Å². The fourth-order valence-corrected chi connectivity index (χ4v) is 3.77. The minimum Gasteiger partial charge on any atom is -0.396 e. The van der Waals surface area contributed by atoms with E-state index in [-0.39, 0.29) is 0 Å². The lowest BCUT2D eigenvalue weighted by molar-refractivity contribution is -0.260. The van der Waals surface area contributed by atoms with E-state index < -0.39 is 42.3 Å². The summed E-state index contributed by atoms with van der Waals surface area (Å²) in [5, 5.41) is 16.3. The monoisotopic (exact) mass is 351 g/mol. The molecule has 0 amide bonds. The first-order chi connectivity index (χ1) is 11.3. The zero-order valence-corrected chi connectivity index (χ0v) is 13.1. The second kappa shape index (κ2) is 6.61. The molecule has 2 saturated heterocycles. The van der Waals surface area contributed by atoms with E-state index in [0.29, 0.717) is 38.8 Å². The molecule has 5 nitrogen and oxygen atoms in total. The van der Waals surface area contributed by atoms with Crippen LogP contribution in [-0.2, 0) is 4.74 Å². The van der Waals surface area contributed by atoms with Crippen molar-refractivity contribution in [3.63, 3.8) is 0 Å². The Morgan fingerprint density at radius 3 is 2.62 bits per heavy atom. The first-order valence-corrected chi connectivity index (χ1v) is 8.10. The molecule has 2 unspecified atom stereocenters. The minimum absolute atomic E-state index is 0.401. The number of hydrogen-bond donors (Lipinski definition) is 2. The van der Waals surface area contributed by atoms with Crippen LogP contribution in [0.2, 0.25) is 0 Å². The molecule has 1 aromatic heterocycles. The van der Waals surface area contributed by atoms with Crippen LogP contribution in [-0.4, -0.2) is 52.5 Å². The van der Waals surface area contributed by atoms with Gasteiger partial charge in [0.05, 0.1) is 36.7 Å². The van der Waals surface area contributed by atoms with Crippen molar-refractivity contribution in [1.82, 2.24) is 15.1 Å². The highest BCUT2D eigenvalue weighted by molar-refractivity contribution is 4.99. The molecule has 0 saturated carbocycles. The fourth-order valence-electron chi connectivity index (χ4n) is 3.77. The van der Waals surface area contributed by atoms with E-state index in [1.54, 1.807) is 0 Å². The van der Waals surface area contributed by atoms with E-state index in [0.717, 1.165) is 12.4 Å². The Morgan fingerprint density at radius 1 is 1.38 bits per heavy atom. The predicted octanol–water partition coefficient (Wildman–Crippen LogP) is 2.04. The summed E-state index contributed by atoms with van der Waals surface area (Å²) >= 11 is 0. The molecular formula is C15H21F4N3O2. The SMILES string of the molecule is OCC([C@H]1OC2(CCNCC2)CCC1n1cc(F)cn1)C(F)(F)F. The van der Waals surface area contributed by atoms with Crippen LogP contribution < -0.4 is 5.32 Å². The highest BCUT2D eigenvalue weighted by Crippen LogP contribution is 2.45. The molecule has 0 bridgehead atoms. The van der Waals surface area contributed by atoms with Gasteiger partial charge in [-0.05, 0) is 38.8 Å². The lowest BCUT2D eigenvalue weighted by Gasteiger charge is -2.49. The Labute approximate surface area is 137 Å². The summed E-state index contributed by atoms with van der Waals surface area (Å²) in [6.07, 6.45) is -1.61. The van der Waals surface area contributed by atoms with Gasteiger partial charge in [0.1, 0.15) is 5.92 Å². The smallest absolute Gasteiger partial charge is 0.396 e. The van der Waals surface area contributed by atoms with Gasteiger partial charge in [-0.3, -0.25) is 4.68 Å². The highest BCUT2D eigenvalue weighted by atomic mass is 19.4. The number of halogens is 4. The number of nitrogens with one attached hydrogen (secondary N) is 1. The zero-order valence-electron chi connectivity index (χ0n) is 13.1. The molecule has 0 aromatic carbocycles. The maximum absolute atomic E-state index is 13.4. The molecule has 2 aliphatic rings. The highest BCUT2D eigenvalue weighted by Gasteiger charge is 2.53. The van der Waals surface area contributed by atoms with Crippen molar-refractivity contribution in [2.24, 2.45) is 5.92 Å². The van der Waals surface area contributed by atoms with Crippen molar-refractivity contribution in [1.29, 1.82) is 0 Å². The zero-order chi connectivity index (χ0) is 17.4. The number of nitrogens with zero attached hydrogens (tertiary/aromatic N) is 2. The van der Waals surface area contributed by atoms with Crippen LogP contribution in [0.15, 0.2) is 12.4 Å². The number of aliphatic hydroxyl groups excluding tert-OH is 1. The quantitative estimate of drug-likeness (QED) is 0.819. The topological polar surface area (TPSA) is 59.3 Å². The maximum Gasteiger partial charge on any atom is 0.396 e. The second-order valence-corrected chi connectivity index (χ2v) is 6.59. The Morgan fingerprint density at radius 2 is 2.08 bits per heavy atom. The number of rotatable bonds is 3. The van der Waals surface area contributed by atoms with E-state index in [9.17, 15) is 22.7 Å². The number of ether oxygens (including phenoxy) is 1. The van der Waals surface area contributed by atoms with Crippen molar-refractivity contribution < 1.29 is 27.4 Å². The predicted molar refractivity (Wildman–Crippen MR) is 76.8 cm³/mol. The fraction of sp³-hybridized carbons (Fsp3) is 0.800. The summed E-state index contributed by atoms with van der Waals surface area (Å²) in [5.74, 6) is -2.63. The van der Waals surface area contributed by atoms with E-state index in [1.807, 2.05) is 0 Å². The molecule has 9 heteroatoms. The number of aromatic nitrogens is 2. The molecule has 136 valence electrons. The minimum atomic E-state index is -4.60. The van der Waals surface area contributed by atoms with Gasteiger partial charge in [-0.15, -0.1) is 0 Å². The van der Waals surface area contributed by atoms with Crippen LogP contribution in [0.3, 0.4) is 0 Å². The van der Waals surface area contributed by atoms with Gasteiger partial charge in [0.25, 0.3) is 0 Å². The third-order valence-electron chi connectivity index (χ3n) is 5.10. The molecule has 24 heavy (non-hydrogen) atoms. The summed E-state index contributed by atoms with van der Waals surface area (Å²) in [7, 11) is 0. The molecule has 2 N–H and O–H groups in total. The van der Waals surface area contributed by atoms with Crippen molar-refractivity contribution in [3.05, 3.63) is 18.2 Å². The first-order valence-electron chi connectivity index (χ1n) is 8.10. The number of aliphatic hydroxyl groups is 1. The van der Waals surface area contributed by atoms with Crippen molar-refractivity contribution in [2.75, 3.05) is 19.7 Å². The van der Waals surface area contributed by atoms with Crippen LogP contribution in [0.4, 0.5) is 17.6 Å². The summed E-state index contributed by atoms with van der Waals surface area (Å²) in [6.45, 7) is 0.302. The molecule has 3 atom stereocenters. The van der Waals surface area contributed by atoms with Gasteiger partial charge in [-0.1, -0.05) is 0 Å². The van der Waals surface area contributed by atoms with E-state index in [1.165, 1.54) is 4.68 Å². The van der Waals surface area contributed by atoms with Gasteiger partial charge >= 0.3 is 6.18 Å². The maximum atomic E-state index is 13.4. The van der Waals surface area contributed by atoms with Crippen LogP contribution in [0.25, 0.3) is 0 Å². The number of hydrogen-bond acceptors (Lipinski definition) is 4. The summed E-state index contributed by atoms with van der Waals surface area (Å²) in [4.78, 5) is 0. The normalized spacial score (nSPS) is 28.9. The molecule has 1 spiro atoms. The largest absolute Gasteiger partial charge is 0.396 e. The molecule has 0 radical (unpaired) electrons. The second-order valence-electron chi connectivity index (χ2n) is 6.59. The summed E-state index contributed by atoms with van der Waals surface area (Å²) < 4.78 is 60.6. The van der Waals surface area contributed by atoms with Crippen LogP contribution >= 0.6 is 0 Å². The van der Waals surface area contributed by atoms with E-state index in [2.05, 4.69) is 10.4 Å². The average molecular weight is 351 g/mol. The third-order valence-corrected chi connectivity index (χ3v) is 5.10. The lowest BCUT2D eigenvalue weighted by atomic mass is 9.79. The summed E-state index contributed by atoms with van der Waals surface area (Å²) in [6, 6.07) is -0.756. The van der Waals surface area contributed by atoms with Crippen LogP contribution in [0.5, 0.6) is 0 Å². The molecule has 2 fully saturated rings. The number of piperidine rings is 1. The lowest BCUT2D eigenvalue weighted by Crippen LogP contribution is -2.55. The van der Waals surface area contributed by atoms with Crippen LogP contribution in [0, 0.1) is 11.7 Å². The Hall–Kier alpha value is -1.19. The molecular weight excluding hydrogens is 330 g/mol. The van der Waals surface area contributed by atoms with Crippen molar-refractivity contribution >= 4 is 0 Å². The van der Waals surface area contributed by atoms with Crippen molar-refractivity contribution in [2.45, 2.75) is 49.6 Å². The molecule has 3 heterocycles. The van der Waals surface area contributed by atoms with Gasteiger partial charge in [-0.2, -0.15) is 18.3 Å². The third kappa shape index (κ3) is 3.43. The van der Waals surface area contributed by atoms with Gasteiger partial charge in [-0.25, -0.2) is 4.39 Å². The van der Waals surface area contributed by atoms with Gasteiger partial charge in [0, 0.05) is 0 Å². The Bertz CT molecular complexity index is 557. The Kier molecular flexibility index (Phi) is 4.85. The Balaban J connectivity index is 1.90. The molecule has 3 rings (SSSR count). The van der Waals surface area contributed by atoms with Gasteiger partial charge in [0.15, 0.2) is 5.82 Å². The average Bonchev–Trinajstić information content (AvgIpc) is 2.94. The standard InChI is InChI=1S/C15H21F4N3O2/c16-10-7-21-22(8-10)12-1-2-14(3-5-20-6-4-14)24-13(12)11(9-23)15(17,18)19/h7-8,11-13,20,23H,1-6,9H2/t11?,12?,13-/m1/s1. The summed E-state index contributed by atoms with van der Waals surface area (Å²) in [5.41, 5.74) is -0.614. The van der Waals surface area contributed by atoms with Gasteiger partial charge < -0.3 is 15.2 Å². The van der Waals surface area contributed by atoms with Gasteiger partial charge in [0.2, 0.25) is 0 Å². The molecule has 1 aromatic rings. The molecule has 0 aliphatic carbocycles. The number of alkyl halides is 3. The first kappa shape index (κ1) is 17.6.